The van der Waals surface area contributed by atoms with Gasteiger partial charge in [-0.2, -0.15) is 0 Å². The largest absolute Gasteiger partial charge is 0.454 e. The second-order valence-electron chi connectivity index (χ2n) is 3.52. The van der Waals surface area contributed by atoms with Gasteiger partial charge in [0, 0.05) is 15.5 Å². The van der Waals surface area contributed by atoms with Gasteiger partial charge in [-0.05, 0) is 29.0 Å². The maximum Gasteiger partial charge on any atom is 0.146 e. The standard InChI is InChI=1S/C12H6OS3/c1-3-14-10-5-8(13-7(1)10)11-6-12-9(16-11)2-4-15-12/h1-6H. The molecule has 0 aliphatic heterocycles. The highest BCUT2D eigenvalue weighted by molar-refractivity contribution is 7.28. The molecule has 4 heteroatoms. The Morgan fingerprint density at radius 3 is 2.62 bits per heavy atom. The molecule has 0 saturated carbocycles. The molecule has 0 unspecified atom stereocenters. The summed E-state index contributed by atoms with van der Waals surface area (Å²) in [5.74, 6) is 0.996. The summed E-state index contributed by atoms with van der Waals surface area (Å²) in [6, 6.07) is 8.54. The molecule has 4 aromatic heterocycles. The fourth-order valence-corrected chi connectivity index (χ4v) is 4.58. The zero-order valence-corrected chi connectivity index (χ0v) is 10.5. The normalized spacial score (nSPS) is 11.8. The lowest BCUT2D eigenvalue weighted by atomic mass is 10.3. The zero-order valence-electron chi connectivity index (χ0n) is 8.10. The minimum absolute atomic E-state index is 0.996. The molecule has 78 valence electrons. The first-order chi connectivity index (χ1) is 7.90. The van der Waals surface area contributed by atoms with Crippen molar-refractivity contribution >= 4 is 53.7 Å². The highest BCUT2D eigenvalue weighted by atomic mass is 32.1. The second kappa shape index (κ2) is 3.20. The van der Waals surface area contributed by atoms with Crippen LogP contribution in [0.2, 0.25) is 0 Å². The lowest BCUT2D eigenvalue weighted by molar-refractivity contribution is 0.634. The Balaban J connectivity index is 1.96. The molecular weight excluding hydrogens is 256 g/mol. The molecular formula is C12H6OS3. The van der Waals surface area contributed by atoms with Crippen LogP contribution in [-0.4, -0.2) is 0 Å². The highest BCUT2D eigenvalue weighted by Gasteiger charge is 2.10. The Labute approximate surface area is 104 Å². The number of rotatable bonds is 1. The Morgan fingerprint density at radius 2 is 1.75 bits per heavy atom. The molecule has 4 aromatic rings. The van der Waals surface area contributed by atoms with Crippen LogP contribution in [0.5, 0.6) is 0 Å². The van der Waals surface area contributed by atoms with Crippen LogP contribution in [0.4, 0.5) is 0 Å². The lowest BCUT2D eigenvalue weighted by Crippen LogP contribution is -1.60. The van der Waals surface area contributed by atoms with Crippen molar-refractivity contribution in [3.8, 4) is 10.6 Å². The van der Waals surface area contributed by atoms with Gasteiger partial charge in [0.15, 0.2) is 0 Å². The summed E-state index contributed by atoms with van der Waals surface area (Å²) in [5, 5.41) is 4.19. The molecule has 16 heavy (non-hydrogen) atoms. The molecule has 0 aromatic carbocycles. The van der Waals surface area contributed by atoms with E-state index in [9.17, 15) is 0 Å². The third-order valence-corrected chi connectivity index (χ3v) is 5.47. The second-order valence-corrected chi connectivity index (χ2v) is 6.50. The molecule has 0 saturated heterocycles. The van der Waals surface area contributed by atoms with E-state index in [0.717, 1.165) is 11.3 Å². The molecule has 0 atom stereocenters. The van der Waals surface area contributed by atoms with E-state index in [4.69, 9.17) is 4.42 Å². The molecule has 0 radical (unpaired) electrons. The van der Waals surface area contributed by atoms with E-state index in [-0.39, 0.29) is 0 Å². The molecule has 0 aliphatic rings. The number of fused-ring (bicyclic) bond motifs is 2. The van der Waals surface area contributed by atoms with E-state index in [1.165, 1.54) is 19.0 Å². The third-order valence-electron chi connectivity index (χ3n) is 2.52. The van der Waals surface area contributed by atoms with Crippen molar-refractivity contribution in [2.45, 2.75) is 0 Å². The van der Waals surface area contributed by atoms with Crippen molar-refractivity contribution in [3.63, 3.8) is 0 Å². The van der Waals surface area contributed by atoms with E-state index in [1.54, 1.807) is 34.0 Å². The molecule has 1 nitrogen and oxygen atoms in total. The van der Waals surface area contributed by atoms with Gasteiger partial charge < -0.3 is 4.42 Å². The van der Waals surface area contributed by atoms with Gasteiger partial charge in [-0.3, -0.25) is 0 Å². The molecule has 0 spiro atoms. The fraction of sp³-hybridized carbons (Fsp3) is 0. The van der Waals surface area contributed by atoms with Crippen LogP contribution in [0, 0.1) is 0 Å². The average molecular weight is 262 g/mol. The van der Waals surface area contributed by atoms with Crippen molar-refractivity contribution in [3.05, 3.63) is 35.0 Å². The fourth-order valence-electron chi connectivity index (χ4n) is 1.77. The third kappa shape index (κ3) is 1.21. The van der Waals surface area contributed by atoms with Crippen LogP contribution in [-0.2, 0) is 0 Å². The van der Waals surface area contributed by atoms with Gasteiger partial charge in [0.05, 0.1) is 9.58 Å². The van der Waals surface area contributed by atoms with Crippen molar-refractivity contribution in [1.29, 1.82) is 0 Å². The number of hydrogen-bond acceptors (Lipinski definition) is 4. The summed E-state index contributed by atoms with van der Waals surface area (Å²) in [6.45, 7) is 0. The van der Waals surface area contributed by atoms with Crippen molar-refractivity contribution in [2.24, 2.45) is 0 Å². The van der Waals surface area contributed by atoms with E-state index >= 15 is 0 Å². The van der Waals surface area contributed by atoms with E-state index < -0.39 is 0 Å². The van der Waals surface area contributed by atoms with Crippen LogP contribution in [0.3, 0.4) is 0 Å². The Bertz CT molecular complexity index is 644. The number of thiophene rings is 3. The molecule has 4 rings (SSSR count). The monoisotopic (exact) mass is 262 g/mol. The summed E-state index contributed by atoms with van der Waals surface area (Å²) in [7, 11) is 0. The average Bonchev–Trinajstić information content (AvgIpc) is 2.94. The molecule has 0 fully saturated rings. The lowest BCUT2D eigenvalue weighted by Gasteiger charge is -1.87. The van der Waals surface area contributed by atoms with Gasteiger partial charge in [-0.25, -0.2) is 0 Å². The zero-order chi connectivity index (χ0) is 10.5. The summed E-state index contributed by atoms with van der Waals surface area (Å²) < 4.78 is 9.74. The molecule has 0 aliphatic carbocycles. The van der Waals surface area contributed by atoms with Crippen molar-refractivity contribution in [2.75, 3.05) is 0 Å². The molecule has 4 heterocycles. The maximum absolute atomic E-state index is 5.82. The van der Waals surface area contributed by atoms with E-state index in [0.29, 0.717) is 0 Å². The van der Waals surface area contributed by atoms with Gasteiger partial charge in [0.25, 0.3) is 0 Å². The molecule has 0 bridgehead atoms. The SMILES string of the molecule is c1cc2oc(-c3cc4sccc4s3)cc2s1. The molecule has 0 amide bonds. The van der Waals surface area contributed by atoms with Gasteiger partial charge in [-0.1, -0.05) is 0 Å². The maximum atomic E-state index is 5.82. The first kappa shape index (κ1) is 8.98. The van der Waals surface area contributed by atoms with Gasteiger partial charge >= 0.3 is 0 Å². The van der Waals surface area contributed by atoms with Crippen LogP contribution >= 0.6 is 34.0 Å². The van der Waals surface area contributed by atoms with E-state index in [2.05, 4.69) is 29.0 Å². The first-order valence-electron chi connectivity index (χ1n) is 4.84. The quantitative estimate of drug-likeness (QED) is 0.445. The number of hydrogen-bond donors (Lipinski definition) is 0. The van der Waals surface area contributed by atoms with E-state index in [1.807, 2.05) is 6.07 Å². The highest BCUT2D eigenvalue weighted by Crippen LogP contribution is 2.39. The van der Waals surface area contributed by atoms with Crippen LogP contribution in [0.1, 0.15) is 0 Å². The summed E-state index contributed by atoms with van der Waals surface area (Å²) in [6.07, 6.45) is 0. The topological polar surface area (TPSA) is 13.1 Å². The minimum atomic E-state index is 0.996. The smallest absolute Gasteiger partial charge is 0.146 e. The Morgan fingerprint density at radius 1 is 0.875 bits per heavy atom. The van der Waals surface area contributed by atoms with Crippen molar-refractivity contribution < 1.29 is 4.42 Å². The predicted molar refractivity (Wildman–Crippen MR) is 72.8 cm³/mol. The molecule has 0 N–H and O–H groups in total. The summed E-state index contributed by atoms with van der Waals surface area (Å²) in [5.41, 5.74) is 0.997. The van der Waals surface area contributed by atoms with Crippen LogP contribution < -0.4 is 0 Å². The summed E-state index contributed by atoms with van der Waals surface area (Å²) in [4.78, 5) is 1.23. The minimum Gasteiger partial charge on any atom is -0.454 e. The van der Waals surface area contributed by atoms with Gasteiger partial charge in [-0.15, -0.1) is 34.0 Å². The van der Waals surface area contributed by atoms with Crippen LogP contribution in [0.15, 0.2) is 39.4 Å². The van der Waals surface area contributed by atoms with Crippen molar-refractivity contribution in [1.82, 2.24) is 0 Å². The predicted octanol–water partition coefficient (Wildman–Crippen LogP) is 5.44. The van der Waals surface area contributed by atoms with Gasteiger partial charge in [0.2, 0.25) is 0 Å². The Hall–Kier alpha value is -1.10. The first-order valence-corrected chi connectivity index (χ1v) is 7.42. The van der Waals surface area contributed by atoms with Crippen LogP contribution in [0.25, 0.3) is 30.3 Å². The Kier molecular flexibility index (Phi) is 1.80. The summed E-state index contributed by atoms with van der Waals surface area (Å²) >= 11 is 5.31. The number of furan rings is 1. The van der Waals surface area contributed by atoms with Gasteiger partial charge in [0.1, 0.15) is 11.3 Å².